The number of carbonyl (C=O) groups is 2. The number of fused-ring (bicyclic) bond motifs is 3. The number of alkyl carbamates (subject to hydrolysis) is 1. The third kappa shape index (κ3) is 4.01. The molecule has 0 radical (unpaired) electrons. The normalized spacial score (nSPS) is 17.0. The summed E-state index contributed by atoms with van der Waals surface area (Å²) in [6.45, 7) is 7.75. The highest BCUT2D eigenvalue weighted by Crippen LogP contribution is 2.39. The molecule has 0 spiro atoms. The maximum atomic E-state index is 12.7. The van der Waals surface area contributed by atoms with Gasteiger partial charge in [0.05, 0.1) is 21.6 Å². The van der Waals surface area contributed by atoms with Gasteiger partial charge in [-0.2, -0.15) is 0 Å². The summed E-state index contributed by atoms with van der Waals surface area (Å²) in [6.07, 6.45) is 0.0789. The molecule has 2 heterocycles. The molecule has 0 aliphatic carbocycles. The van der Waals surface area contributed by atoms with Crippen molar-refractivity contribution in [2.24, 2.45) is 0 Å². The van der Waals surface area contributed by atoms with Crippen molar-refractivity contribution in [2.75, 3.05) is 13.1 Å². The number of benzene rings is 1. The van der Waals surface area contributed by atoms with Gasteiger partial charge in [0.2, 0.25) is 5.91 Å². The van der Waals surface area contributed by atoms with Gasteiger partial charge < -0.3 is 19.9 Å². The molecule has 146 valence electrons. The van der Waals surface area contributed by atoms with E-state index in [0.29, 0.717) is 23.0 Å². The van der Waals surface area contributed by atoms with Gasteiger partial charge >= 0.3 is 6.09 Å². The van der Waals surface area contributed by atoms with Crippen molar-refractivity contribution >= 4 is 46.1 Å². The quantitative estimate of drug-likeness (QED) is 0.766. The number of halogens is 2. The number of H-pyrrole nitrogens is 1. The van der Waals surface area contributed by atoms with Crippen LogP contribution in [0.3, 0.4) is 0 Å². The number of nitrogens with one attached hydrogen (secondary N) is 2. The Labute approximate surface area is 168 Å². The molecular formula is C19H23Cl2N3O3. The van der Waals surface area contributed by atoms with Gasteiger partial charge in [-0.25, -0.2) is 4.79 Å². The first-order chi connectivity index (χ1) is 12.6. The molecule has 0 saturated carbocycles. The molecule has 2 aromatic rings. The predicted molar refractivity (Wildman–Crippen MR) is 106 cm³/mol. The Morgan fingerprint density at radius 1 is 1.33 bits per heavy atom. The van der Waals surface area contributed by atoms with Gasteiger partial charge in [-0.3, -0.25) is 4.79 Å². The number of ether oxygens (including phenoxy) is 1. The van der Waals surface area contributed by atoms with Crippen molar-refractivity contribution in [1.29, 1.82) is 0 Å². The average Bonchev–Trinajstić information content (AvgIpc) is 2.95. The summed E-state index contributed by atoms with van der Waals surface area (Å²) in [5.41, 5.74) is 2.29. The van der Waals surface area contributed by atoms with Gasteiger partial charge in [-0.15, -0.1) is 0 Å². The molecule has 1 aliphatic rings. The Bertz CT molecular complexity index is 902. The van der Waals surface area contributed by atoms with Crippen LogP contribution in [0.25, 0.3) is 10.9 Å². The van der Waals surface area contributed by atoms with E-state index < -0.39 is 11.7 Å². The van der Waals surface area contributed by atoms with Crippen LogP contribution in [0.1, 0.15) is 45.0 Å². The molecule has 2 amide bonds. The van der Waals surface area contributed by atoms with E-state index in [1.165, 1.54) is 0 Å². The van der Waals surface area contributed by atoms with E-state index >= 15 is 0 Å². The first kappa shape index (κ1) is 19.8. The standard InChI is InChI=1S/C19H23Cl2N3O3/c1-10-15-11-5-6-12(20)16(21)17(11)23-13(15)7-8-24(10)14(25)9-22-18(26)27-19(2,3)4/h5-6,10,23H,7-9H2,1-4H3,(H,22,26). The Kier molecular flexibility index (Phi) is 5.32. The summed E-state index contributed by atoms with van der Waals surface area (Å²) in [6, 6.07) is 3.54. The second-order valence-corrected chi connectivity index (χ2v) is 8.45. The largest absolute Gasteiger partial charge is 0.444 e. The number of hydrogen-bond donors (Lipinski definition) is 2. The molecule has 1 aromatic carbocycles. The highest BCUT2D eigenvalue weighted by molar-refractivity contribution is 6.45. The number of amides is 2. The van der Waals surface area contributed by atoms with Crippen LogP contribution in [0.2, 0.25) is 10.0 Å². The van der Waals surface area contributed by atoms with Gasteiger partial charge in [0.25, 0.3) is 0 Å². The first-order valence-corrected chi connectivity index (χ1v) is 9.59. The molecule has 0 fully saturated rings. The topological polar surface area (TPSA) is 74.4 Å². The van der Waals surface area contributed by atoms with Crippen LogP contribution in [-0.4, -0.2) is 40.6 Å². The highest BCUT2D eigenvalue weighted by Gasteiger charge is 2.31. The number of aromatic nitrogens is 1. The Morgan fingerprint density at radius 3 is 2.70 bits per heavy atom. The summed E-state index contributed by atoms with van der Waals surface area (Å²) >= 11 is 12.4. The lowest BCUT2D eigenvalue weighted by Gasteiger charge is -2.34. The fraction of sp³-hybridized carbons (Fsp3) is 0.474. The van der Waals surface area contributed by atoms with Gasteiger partial charge in [-0.05, 0) is 33.8 Å². The van der Waals surface area contributed by atoms with Gasteiger partial charge in [0.15, 0.2) is 0 Å². The first-order valence-electron chi connectivity index (χ1n) is 8.83. The molecule has 27 heavy (non-hydrogen) atoms. The van der Waals surface area contributed by atoms with Gasteiger partial charge in [0, 0.05) is 29.6 Å². The molecule has 2 N–H and O–H groups in total. The predicted octanol–water partition coefficient (Wildman–Crippen LogP) is 4.45. The molecule has 1 unspecified atom stereocenters. The number of rotatable bonds is 2. The van der Waals surface area contributed by atoms with Crippen LogP contribution in [-0.2, 0) is 16.0 Å². The van der Waals surface area contributed by atoms with E-state index in [-0.39, 0.29) is 18.5 Å². The maximum absolute atomic E-state index is 12.7. The molecule has 0 bridgehead atoms. The zero-order valence-corrected chi connectivity index (χ0v) is 17.3. The van der Waals surface area contributed by atoms with Crippen LogP contribution in [0.4, 0.5) is 4.79 Å². The smallest absolute Gasteiger partial charge is 0.408 e. The Hall–Kier alpha value is -1.92. The second kappa shape index (κ2) is 7.24. The molecule has 1 aliphatic heterocycles. The van der Waals surface area contributed by atoms with E-state index in [2.05, 4.69) is 10.3 Å². The second-order valence-electron chi connectivity index (χ2n) is 7.67. The summed E-state index contributed by atoms with van der Waals surface area (Å²) in [7, 11) is 0. The summed E-state index contributed by atoms with van der Waals surface area (Å²) in [5, 5.41) is 4.47. The van der Waals surface area contributed by atoms with Crippen LogP contribution in [0.5, 0.6) is 0 Å². The van der Waals surface area contributed by atoms with Crippen LogP contribution < -0.4 is 5.32 Å². The van der Waals surface area contributed by atoms with Gasteiger partial charge in [0.1, 0.15) is 12.1 Å². The molecule has 1 aromatic heterocycles. The van der Waals surface area contributed by atoms with Crippen molar-refractivity contribution < 1.29 is 14.3 Å². The maximum Gasteiger partial charge on any atom is 0.408 e. The van der Waals surface area contributed by atoms with Crippen molar-refractivity contribution in [3.63, 3.8) is 0 Å². The van der Waals surface area contributed by atoms with Crippen LogP contribution in [0.15, 0.2) is 12.1 Å². The minimum absolute atomic E-state index is 0.108. The third-order valence-corrected chi connectivity index (χ3v) is 5.38. The fourth-order valence-electron chi connectivity index (χ4n) is 3.44. The summed E-state index contributed by atoms with van der Waals surface area (Å²) in [4.78, 5) is 29.6. The minimum atomic E-state index is -0.606. The van der Waals surface area contributed by atoms with E-state index in [0.717, 1.165) is 22.2 Å². The average molecular weight is 412 g/mol. The van der Waals surface area contributed by atoms with Crippen molar-refractivity contribution in [3.05, 3.63) is 33.4 Å². The molecule has 0 saturated heterocycles. The fourth-order valence-corrected chi connectivity index (χ4v) is 3.81. The minimum Gasteiger partial charge on any atom is -0.444 e. The molecule has 3 rings (SSSR count). The third-order valence-electron chi connectivity index (χ3n) is 4.58. The number of aromatic amines is 1. The molecule has 6 nitrogen and oxygen atoms in total. The zero-order valence-electron chi connectivity index (χ0n) is 15.8. The molecular weight excluding hydrogens is 389 g/mol. The summed E-state index contributed by atoms with van der Waals surface area (Å²) < 4.78 is 5.18. The lowest BCUT2D eigenvalue weighted by Crippen LogP contribution is -2.45. The van der Waals surface area contributed by atoms with E-state index in [4.69, 9.17) is 27.9 Å². The van der Waals surface area contributed by atoms with Gasteiger partial charge in [-0.1, -0.05) is 29.3 Å². The van der Waals surface area contributed by atoms with Crippen molar-refractivity contribution in [1.82, 2.24) is 15.2 Å². The lowest BCUT2D eigenvalue weighted by molar-refractivity contribution is -0.132. The van der Waals surface area contributed by atoms with E-state index in [9.17, 15) is 9.59 Å². The summed E-state index contributed by atoms with van der Waals surface area (Å²) in [5.74, 6) is -0.159. The Morgan fingerprint density at radius 2 is 2.04 bits per heavy atom. The number of nitrogens with zero attached hydrogens (tertiary/aromatic N) is 1. The number of carbonyl (C=O) groups excluding carboxylic acids is 2. The van der Waals surface area contributed by atoms with Crippen LogP contribution >= 0.6 is 23.2 Å². The zero-order chi connectivity index (χ0) is 19.9. The molecule has 8 heteroatoms. The SMILES string of the molecule is CC1c2c([nH]c3c(Cl)c(Cl)ccc23)CCN1C(=O)CNC(=O)OC(C)(C)C. The van der Waals surface area contributed by atoms with Crippen molar-refractivity contribution in [3.8, 4) is 0 Å². The Balaban J connectivity index is 1.76. The van der Waals surface area contributed by atoms with E-state index in [1.54, 1.807) is 31.7 Å². The highest BCUT2D eigenvalue weighted by atomic mass is 35.5. The van der Waals surface area contributed by atoms with Crippen LogP contribution in [0, 0.1) is 0 Å². The van der Waals surface area contributed by atoms with Crippen molar-refractivity contribution in [2.45, 2.75) is 45.8 Å². The van der Waals surface area contributed by atoms with E-state index in [1.807, 2.05) is 13.0 Å². The molecule has 1 atom stereocenters. The number of hydrogen-bond acceptors (Lipinski definition) is 3. The lowest BCUT2D eigenvalue weighted by atomic mass is 9.97. The monoisotopic (exact) mass is 411 g/mol.